The third kappa shape index (κ3) is 5.42. The molecule has 0 aliphatic carbocycles. The van der Waals surface area contributed by atoms with E-state index in [-0.39, 0.29) is 22.7 Å². The number of nitrogens with one attached hydrogen (secondary N) is 1. The molecule has 0 saturated heterocycles. The van der Waals surface area contributed by atoms with Gasteiger partial charge >= 0.3 is 0 Å². The van der Waals surface area contributed by atoms with E-state index in [0.29, 0.717) is 17.2 Å². The lowest BCUT2D eigenvalue weighted by atomic mass is 10.2. The van der Waals surface area contributed by atoms with Crippen LogP contribution >= 0.6 is 11.3 Å². The Balaban J connectivity index is 1.67. The van der Waals surface area contributed by atoms with Crippen LogP contribution in [0.4, 0.5) is 10.1 Å². The van der Waals surface area contributed by atoms with Crippen LogP contribution in [0, 0.1) is 18.2 Å². The van der Waals surface area contributed by atoms with Gasteiger partial charge in [-0.2, -0.15) is 4.99 Å². The van der Waals surface area contributed by atoms with Gasteiger partial charge in [0.2, 0.25) is 0 Å². The average molecular weight is 510 g/mol. The molecule has 1 N–H and O–H groups in total. The largest absolute Gasteiger partial charge is 0.494 e. The molecule has 0 unspecified atom stereocenters. The highest BCUT2D eigenvalue weighted by Crippen LogP contribution is 2.24. The molecule has 4 rings (SSSR count). The molecule has 3 aromatic carbocycles. The molecule has 35 heavy (non-hydrogen) atoms. The lowest BCUT2D eigenvalue weighted by molar-refractivity contribution is 0.0998. The first kappa shape index (κ1) is 24.2. The maximum absolute atomic E-state index is 13.1. The van der Waals surface area contributed by atoms with Crippen molar-refractivity contribution in [2.45, 2.75) is 18.4 Å². The number of anilines is 1. The van der Waals surface area contributed by atoms with Gasteiger partial charge in [-0.1, -0.05) is 23.3 Å². The molecule has 0 bridgehead atoms. The van der Waals surface area contributed by atoms with Crippen molar-refractivity contribution in [3.8, 4) is 18.1 Å². The molecule has 1 heterocycles. The summed E-state index contributed by atoms with van der Waals surface area (Å²) in [5.74, 6) is 2.17. The second-order valence-electron chi connectivity index (χ2n) is 7.29. The Morgan fingerprint density at radius 1 is 1.17 bits per heavy atom. The zero-order valence-corrected chi connectivity index (χ0v) is 20.2. The summed E-state index contributed by atoms with van der Waals surface area (Å²) in [6, 6.07) is 16.0. The number of carbonyl (C=O) groups excluding carboxylic acids is 1. The van der Waals surface area contributed by atoms with Crippen LogP contribution < -0.4 is 14.3 Å². The first-order valence-electron chi connectivity index (χ1n) is 10.5. The summed E-state index contributed by atoms with van der Waals surface area (Å²) in [5, 5.41) is 0. The van der Waals surface area contributed by atoms with Crippen LogP contribution in [0.25, 0.3) is 10.2 Å². The fourth-order valence-corrected chi connectivity index (χ4v) is 5.44. The Labute approximate surface area is 205 Å². The maximum Gasteiger partial charge on any atom is 0.279 e. The molecule has 7 nitrogen and oxygen atoms in total. The van der Waals surface area contributed by atoms with Crippen LogP contribution in [0.15, 0.2) is 76.6 Å². The third-order valence-corrected chi connectivity index (χ3v) is 7.34. The SMILES string of the molecule is C#CCn1c(=NC(=O)c2cccc(NS(=O)(=O)c3ccc(F)cc3)c2)sc2cc(OCC)ccc21. The van der Waals surface area contributed by atoms with Crippen LogP contribution in [-0.4, -0.2) is 25.5 Å². The van der Waals surface area contributed by atoms with Gasteiger partial charge < -0.3 is 9.30 Å². The normalized spacial score (nSPS) is 11.9. The van der Waals surface area contributed by atoms with Gasteiger partial charge in [-0.25, -0.2) is 12.8 Å². The number of amides is 1. The molecular formula is C25H20FN3O4S2. The number of ether oxygens (including phenoxy) is 1. The molecule has 0 atom stereocenters. The number of terminal acetylenes is 1. The van der Waals surface area contributed by atoms with Crippen LogP contribution in [0.2, 0.25) is 0 Å². The van der Waals surface area contributed by atoms with Gasteiger partial charge in [-0.15, -0.1) is 6.42 Å². The Hall–Kier alpha value is -3.94. The van der Waals surface area contributed by atoms with Crippen molar-refractivity contribution < 1.29 is 22.3 Å². The minimum absolute atomic E-state index is 0.104. The zero-order valence-electron chi connectivity index (χ0n) is 18.6. The summed E-state index contributed by atoms with van der Waals surface area (Å²) in [4.78, 5) is 17.5. The number of aromatic nitrogens is 1. The minimum Gasteiger partial charge on any atom is -0.494 e. The number of sulfonamides is 1. The van der Waals surface area contributed by atoms with E-state index in [9.17, 15) is 17.6 Å². The molecule has 4 aromatic rings. The van der Waals surface area contributed by atoms with E-state index in [0.717, 1.165) is 34.5 Å². The van der Waals surface area contributed by atoms with Crippen molar-refractivity contribution in [2.24, 2.45) is 4.99 Å². The van der Waals surface area contributed by atoms with Gasteiger partial charge in [-0.3, -0.25) is 9.52 Å². The molecule has 0 saturated carbocycles. The van der Waals surface area contributed by atoms with Crippen LogP contribution in [-0.2, 0) is 16.6 Å². The van der Waals surface area contributed by atoms with Gasteiger partial charge in [0.05, 0.1) is 28.3 Å². The van der Waals surface area contributed by atoms with Gasteiger partial charge in [0, 0.05) is 11.3 Å². The molecule has 0 aliphatic rings. The third-order valence-electron chi connectivity index (χ3n) is 4.90. The number of carbonyl (C=O) groups is 1. The molecule has 0 radical (unpaired) electrons. The highest BCUT2D eigenvalue weighted by molar-refractivity contribution is 7.92. The highest BCUT2D eigenvalue weighted by Gasteiger charge is 2.16. The predicted molar refractivity (Wildman–Crippen MR) is 133 cm³/mol. The Bertz CT molecular complexity index is 1620. The fourth-order valence-electron chi connectivity index (χ4n) is 3.33. The average Bonchev–Trinajstić information content (AvgIpc) is 3.16. The second-order valence-corrected chi connectivity index (χ2v) is 9.99. The molecular weight excluding hydrogens is 489 g/mol. The van der Waals surface area contributed by atoms with Crippen LogP contribution in [0.3, 0.4) is 0 Å². The number of thiazole rings is 1. The van der Waals surface area contributed by atoms with Gasteiger partial charge in [-0.05, 0) is 67.6 Å². The number of fused-ring (bicyclic) bond motifs is 1. The summed E-state index contributed by atoms with van der Waals surface area (Å²) in [5.41, 5.74) is 1.18. The van der Waals surface area contributed by atoms with E-state index >= 15 is 0 Å². The summed E-state index contributed by atoms with van der Waals surface area (Å²) >= 11 is 1.30. The van der Waals surface area contributed by atoms with Gasteiger partial charge in [0.1, 0.15) is 11.6 Å². The topological polar surface area (TPSA) is 89.8 Å². The maximum atomic E-state index is 13.1. The predicted octanol–water partition coefficient (Wildman–Crippen LogP) is 4.42. The van der Waals surface area contributed by atoms with Crippen molar-refractivity contribution in [1.82, 2.24) is 4.57 Å². The number of rotatable bonds is 7. The standard InChI is InChI=1S/C25H20FN3O4S2/c1-3-14-29-22-13-10-20(33-4-2)16-23(22)34-25(29)27-24(30)17-6-5-7-19(15-17)28-35(31,32)21-11-8-18(26)9-12-21/h1,5-13,15-16,28H,4,14H2,2H3. The molecule has 10 heteroatoms. The van der Waals surface area contributed by atoms with E-state index in [2.05, 4.69) is 15.6 Å². The molecule has 1 amide bonds. The Kier molecular flexibility index (Phi) is 7.00. The number of hydrogen-bond acceptors (Lipinski definition) is 5. The Morgan fingerprint density at radius 3 is 2.66 bits per heavy atom. The second kappa shape index (κ2) is 10.1. The van der Waals surface area contributed by atoms with E-state index in [1.54, 1.807) is 10.6 Å². The number of nitrogens with zero attached hydrogens (tertiary/aromatic N) is 2. The zero-order chi connectivity index (χ0) is 25.0. The first-order valence-corrected chi connectivity index (χ1v) is 12.8. The molecule has 0 fully saturated rings. The quantitative estimate of drug-likeness (QED) is 0.374. The first-order chi connectivity index (χ1) is 16.8. The molecule has 178 valence electrons. The Morgan fingerprint density at radius 2 is 1.94 bits per heavy atom. The van der Waals surface area contributed by atoms with E-state index < -0.39 is 21.7 Å². The van der Waals surface area contributed by atoms with Gasteiger partial charge in [0.25, 0.3) is 15.9 Å². The minimum atomic E-state index is -3.97. The molecule has 0 aliphatic heterocycles. The monoisotopic (exact) mass is 509 g/mol. The summed E-state index contributed by atoms with van der Waals surface area (Å²) in [7, 11) is -3.97. The lowest BCUT2D eigenvalue weighted by Gasteiger charge is -2.08. The summed E-state index contributed by atoms with van der Waals surface area (Å²) < 4.78 is 48.9. The summed E-state index contributed by atoms with van der Waals surface area (Å²) in [6.45, 7) is 2.64. The van der Waals surface area contributed by atoms with Crippen molar-refractivity contribution >= 4 is 43.2 Å². The highest BCUT2D eigenvalue weighted by atomic mass is 32.2. The van der Waals surface area contributed by atoms with Crippen molar-refractivity contribution in [3.63, 3.8) is 0 Å². The molecule has 0 spiro atoms. The molecule has 1 aromatic heterocycles. The smallest absolute Gasteiger partial charge is 0.279 e. The van der Waals surface area contributed by atoms with Crippen LogP contribution in [0.5, 0.6) is 5.75 Å². The van der Waals surface area contributed by atoms with Gasteiger partial charge in [0.15, 0.2) is 4.80 Å². The van der Waals surface area contributed by atoms with Crippen molar-refractivity contribution in [2.75, 3.05) is 11.3 Å². The van der Waals surface area contributed by atoms with Crippen molar-refractivity contribution in [3.05, 3.63) is 82.9 Å². The lowest BCUT2D eigenvalue weighted by Crippen LogP contribution is -2.17. The van der Waals surface area contributed by atoms with E-state index in [4.69, 9.17) is 11.2 Å². The van der Waals surface area contributed by atoms with E-state index in [1.165, 1.54) is 29.5 Å². The summed E-state index contributed by atoms with van der Waals surface area (Å²) in [6.07, 6.45) is 5.53. The number of hydrogen-bond donors (Lipinski definition) is 1. The van der Waals surface area contributed by atoms with Crippen LogP contribution in [0.1, 0.15) is 17.3 Å². The number of benzene rings is 3. The van der Waals surface area contributed by atoms with Crippen molar-refractivity contribution in [1.29, 1.82) is 0 Å². The number of halogens is 1. The van der Waals surface area contributed by atoms with E-state index in [1.807, 2.05) is 25.1 Å². The fraction of sp³-hybridized carbons (Fsp3) is 0.120.